The van der Waals surface area contributed by atoms with Gasteiger partial charge in [0.2, 0.25) is 0 Å². The lowest BCUT2D eigenvalue weighted by Crippen LogP contribution is -2.22. The SMILES string of the molecule is CS(c1ccccc1)(c1ccccc1Cc1ccc(S(=O)(=O)O)cc1)C1CCCCC1. The Bertz CT molecular complexity index is 1120. The van der Waals surface area contributed by atoms with Crippen LogP contribution in [0.1, 0.15) is 43.2 Å². The van der Waals surface area contributed by atoms with Gasteiger partial charge in [-0.1, -0.05) is 67.8 Å². The molecule has 1 aliphatic rings. The summed E-state index contributed by atoms with van der Waals surface area (Å²) in [7, 11) is -5.39. The summed E-state index contributed by atoms with van der Waals surface area (Å²) in [6, 6.07) is 26.3. The van der Waals surface area contributed by atoms with Gasteiger partial charge in [-0.3, -0.25) is 4.55 Å². The fourth-order valence-electron chi connectivity index (χ4n) is 4.80. The zero-order valence-corrected chi connectivity index (χ0v) is 19.5. The summed E-state index contributed by atoms with van der Waals surface area (Å²) in [4.78, 5) is 2.81. The van der Waals surface area contributed by atoms with Crippen molar-refractivity contribution in [1.29, 1.82) is 0 Å². The quantitative estimate of drug-likeness (QED) is 0.421. The van der Waals surface area contributed by atoms with Crippen LogP contribution in [0.3, 0.4) is 0 Å². The van der Waals surface area contributed by atoms with E-state index in [1.165, 1.54) is 59.6 Å². The minimum atomic E-state index is -4.17. The standard InChI is InChI=1S/C26H30O3S2/c1-30(23-11-4-2-5-12-23,24-13-6-3-7-14-24)26-15-9-8-10-22(26)20-21-16-18-25(19-17-21)31(27,28)29/h2,4-5,8-12,15-19,24H,3,6-7,13-14,20H2,1H3,(H,27,28,29). The zero-order valence-electron chi connectivity index (χ0n) is 17.9. The summed E-state index contributed by atoms with van der Waals surface area (Å²) in [5, 5.41) is 0.673. The van der Waals surface area contributed by atoms with Crippen LogP contribution in [0.25, 0.3) is 0 Å². The molecule has 1 saturated carbocycles. The molecule has 3 nitrogen and oxygen atoms in total. The summed E-state index contributed by atoms with van der Waals surface area (Å²) >= 11 is 0. The third-order valence-electron chi connectivity index (χ3n) is 6.50. The van der Waals surface area contributed by atoms with Crippen LogP contribution in [0.4, 0.5) is 0 Å². The molecule has 0 heterocycles. The summed E-state index contributed by atoms with van der Waals surface area (Å²) in [5.41, 5.74) is 2.34. The number of rotatable bonds is 6. The summed E-state index contributed by atoms with van der Waals surface area (Å²) in [5.74, 6) is 0. The van der Waals surface area contributed by atoms with Gasteiger partial charge in [-0.15, -0.1) is 0 Å². The van der Waals surface area contributed by atoms with E-state index in [0.29, 0.717) is 5.25 Å². The number of hydrogen-bond acceptors (Lipinski definition) is 2. The van der Waals surface area contributed by atoms with Crippen LogP contribution in [0.2, 0.25) is 0 Å². The van der Waals surface area contributed by atoms with Crippen LogP contribution >= 0.6 is 10.0 Å². The van der Waals surface area contributed by atoms with Crippen LogP contribution in [-0.4, -0.2) is 24.5 Å². The molecule has 1 unspecified atom stereocenters. The van der Waals surface area contributed by atoms with Crippen LogP contribution in [0, 0.1) is 0 Å². The second-order valence-corrected chi connectivity index (χ2v) is 13.4. The Morgan fingerprint density at radius 2 is 1.39 bits per heavy atom. The van der Waals surface area contributed by atoms with E-state index in [0.717, 1.165) is 12.0 Å². The molecule has 31 heavy (non-hydrogen) atoms. The molecule has 1 atom stereocenters. The fraction of sp³-hybridized carbons (Fsp3) is 0.308. The molecule has 0 spiro atoms. The Kier molecular flexibility index (Phi) is 6.56. The van der Waals surface area contributed by atoms with Crippen molar-refractivity contribution in [2.75, 3.05) is 6.26 Å². The molecular formula is C26H30O3S2. The number of benzene rings is 3. The fourth-order valence-corrected chi connectivity index (χ4v) is 9.32. The Hall–Kier alpha value is -2.08. The van der Waals surface area contributed by atoms with Gasteiger partial charge in [-0.05, 0) is 82.0 Å². The molecule has 3 aromatic rings. The van der Waals surface area contributed by atoms with Crippen molar-refractivity contribution in [2.24, 2.45) is 0 Å². The second kappa shape index (κ2) is 9.19. The minimum absolute atomic E-state index is 0.0634. The lowest BCUT2D eigenvalue weighted by Gasteiger charge is -2.47. The Morgan fingerprint density at radius 1 is 0.774 bits per heavy atom. The van der Waals surface area contributed by atoms with E-state index in [-0.39, 0.29) is 4.90 Å². The van der Waals surface area contributed by atoms with Crippen LogP contribution < -0.4 is 0 Å². The maximum atomic E-state index is 11.4. The van der Waals surface area contributed by atoms with Gasteiger partial charge >= 0.3 is 0 Å². The van der Waals surface area contributed by atoms with Crippen LogP contribution in [0.5, 0.6) is 0 Å². The van der Waals surface area contributed by atoms with Crippen molar-refractivity contribution in [3.8, 4) is 0 Å². The lowest BCUT2D eigenvalue weighted by molar-refractivity contribution is 0.483. The van der Waals surface area contributed by atoms with E-state index in [9.17, 15) is 13.0 Å². The maximum absolute atomic E-state index is 11.4. The average Bonchev–Trinajstić information content (AvgIpc) is 2.80. The smallest absolute Gasteiger partial charge is 0.282 e. The molecule has 0 amide bonds. The van der Waals surface area contributed by atoms with Crippen molar-refractivity contribution < 1.29 is 13.0 Å². The molecule has 1 aliphatic carbocycles. The summed E-state index contributed by atoms with van der Waals surface area (Å²) in [6.07, 6.45) is 9.72. The molecule has 164 valence electrons. The van der Waals surface area contributed by atoms with Crippen molar-refractivity contribution in [1.82, 2.24) is 0 Å². The van der Waals surface area contributed by atoms with Gasteiger partial charge in [-0.25, -0.2) is 0 Å². The van der Waals surface area contributed by atoms with Gasteiger partial charge < -0.3 is 0 Å². The summed E-state index contributed by atoms with van der Waals surface area (Å²) < 4.78 is 32.0. The van der Waals surface area contributed by atoms with Gasteiger partial charge in [0.1, 0.15) is 0 Å². The Morgan fingerprint density at radius 3 is 2.03 bits per heavy atom. The molecule has 1 N–H and O–H groups in total. The van der Waals surface area contributed by atoms with E-state index < -0.39 is 20.1 Å². The minimum Gasteiger partial charge on any atom is -0.282 e. The van der Waals surface area contributed by atoms with Crippen molar-refractivity contribution >= 4 is 20.1 Å². The van der Waals surface area contributed by atoms with Gasteiger partial charge in [-0.2, -0.15) is 18.4 Å². The first kappa shape index (κ1) is 22.1. The average molecular weight is 455 g/mol. The van der Waals surface area contributed by atoms with Crippen LogP contribution in [-0.2, 0) is 16.5 Å². The normalized spacial score (nSPS) is 18.3. The maximum Gasteiger partial charge on any atom is 0.294 e. The molecule has 0 saturated heterocycles. The summed E-state index contributed by atoms with van der Waals surface area (Å²) in [6.45, 7) is 0. The highest BCUT2D eigenvalue weighted by Crippen LogP contribution is 2.66. The highest BCUT2D eigenvalue weighted by molar-refractivity contribution is 8.33. The first-order valence-corrected chi connectivity index (χ1v) is 14.4. The van der Waals surface area contributed by atoms with E-state index in [4.69, 9.17) is 0 Å². The third kappa shape index (κ3) is 4.74. The highest BCUT2D eigenvalue weighted by atomic mass is 32.3. The molecule has 4 rings (SSSR count). The Balaban J connectivity index is 1.75. The molecule has 0 aliphatic heterocycles. The topological polar surface area (TPSA) is 54.4 Å². The largest absolute Gasteiger partial charge is 0.294 e. The van der Waals surface area contributed by atoms with Gasteiger partial charge in [0, 0.05) is 0 Å². The van der Waals surface area contributed by atoms with E-state index in [2.05, 4.69) is 60.9 Å². The molecule has 3 aromatic carbocycles. The van der Waals surface area contributed by atoms with Gasteiger partial charge in [0.05, 0.1) is 4.90 Å². The zero-order chi connectivity index (χ0) is 21.9. The van der Waals surface area contributed by atoms with E-state index >= 15 is 0 Å². The van der Waals surface area contributed by atoms with Gasteiger partial charge in [0.15, 0.2) is 0 Å². The Labute approximate surface area is 187 Å². The molecule has 0 radical (unpaired) electrons. The molecule has 0 bridgehead atoms. The molecule has 1 fully saturated rings. The van der Waals surface area contributed by atoms with E-state index in [1.807, 2.05) is 0 Å². The van der Waals surface area contributed by atoms with Crippen molar-refractivity contribution in [3.63, 3.8) is 0 Å². The predicted molar refractivity (Wildman–Crippen MR) is 129 cm³/mol. The van der Waals surface area contributed by atoms with E-state index in [1.54, 1.807) is 12.1 Å². The second-order valence-electron chi connectivity index (χ2n) is 8.46. The molecule has 0 aromatic heterocycles. The lowest BCUT2D eigenvalue weighted by atomic mass is 10.0. The van der Waals surface area contributed by atoms with Crippen molar-refractivity contribution in [3.05, 3.63) is 90.0 Å². The monoisotopic (exact) mass is 454 g/mol. The van der Waals surface area contributed by atoms with Gasteiger partial charge in [0.25, 0.3) is 10.1 Å². The molecule has 5 heteroatoms. The third-order valence-corrected chi connectivity index (χ3v) is 11.7. The first-order valence-electron chi connectivity index (χ1n) is 10.9. The molecular weight excluding hydrogens is 424 g/mol. The van der Waals surface area contributed by atoms with Crippen LogP contribution in [0.15, 0.2) is 93.5 Å². The predicted octanol–water partition coefficient (Wildman–Crippen LogP) is 6.71. The highest BCUT2D eigenvalue weighted by Gasteiger charge is 2.34. The van der Waals surface area contributed by atoms with Crippen molar-refractivity contribution in [2.45, 2.75) is 58.5 Å². The first-order chi connectivity index (χ1) is 14.9. The number of hydrogen-bond donors (Lipinski definition) is 1.